The van der Waals surface area contributed by atoms with Crippen LogP contribution in [0, 0.1) is 5.41 Å². The van der Waals surface area contributed by atoms with E-state index in [4.69, 9.17) is 0 Å². The molecule has 5 heteroatoms. The maximum absolute atomic E-state index is 12.2. The number of amides is 2. The Labute approximate surface area is 132 Å². The molecule has 22 heavy (non-hydrogen) atoms. The highest BCUT2D eigenvalue weighted by molar-refractivity contribution is 5.87. The van der Waals surface area contributed by atoms with Gasteiger partial charge < -0.3 is 15.1 Å². The summed E-state index contributed by atoms with van der Waals surface area (Å²) >= 11 is 0. The molecule has 1 N–H and O–H groups in total. The third kappa shape index (κ3) is 4.23. The third-order valence-electron chi connectivity index (χ3n) is 3.84. The van der Waals surface area contributed by atoms with Gasteiger partial charge in [0.05, 0.1) is 6.54 Å². The van der Waals surface area contributed by atoms with Gasteiger partial charge in [-0.3, -0.25) is 9.59 Å². The van der Waals surface area contributed by atoms with Crippen molar-refractivity contribution in [3.05, 3.63) is 30.3 Å². The van der Waals surface area contributed by atoms with Crippen molar-refractivity contribution >= 4 is 17.5 Å². The fraction of sp³-hybridized carbons (Fsp3) is 0.529. The lowest BCUT2D eigenvalue weighted by Crippen LogP contribution is -2.51. The fourth-order valence-electron chi connectivity index (χ4n) is 2.39. The second kappa shape index (κ2) is 6.81. The van der Waals surface area contributed by atoms with Crippen LogP contribution in [0.4, 0.5) is 5.69 Å². The van der Waals surface area contributed by atoms with Crippen LogP contribution >= 0.6 is 0 Å². The van der Waals surface area contributed by atoms with Gasteiger partial charge in [0.2, 0.25) is 11.8 Å². The zero-order chi connectivity index (χ0) is 16.2. The number of carbonyl (C=O) groups excluding carboxylic acids is 2. The van der Waals surface area contributed by atoms with Crippen molar-refractivity contribution in [2.75, 3.05) is 37.6 Å². The summed E-state index contributed by atoms with van der Waals surface area (Å²) in [7, 11) is 0. The molecule has 2 rings (SSSR count). The summed E-state index contributed by atoms with van der Waals surface area (Å²) < 4.78 is 0. The molecule has 0 aromatic heterocycles. The summed E-state index contributed by atoms with van der Waals surface area (Å²) in [5, 5.41) is 2.72. The number of rotatable bonds is 3. The van der Waals surface area contributed by atoms with Crippen LogP contribution in [-0.2, 0) is 9.59 Å². The smallest absolute Gasteiger partial charge is 0.242 e. The SMILES string of the molecule is CC(C)(C)C(=O)NCC(=O)N1CCN(c2ccccc2)CC1. The van der Waals surface area contributed by atoms with E-state index >= 15 is 0 Å². The van der Waals surface area contributed by atoms with Crippen LogP contribution in [0.1, 0.15) is 20.8 Å². The Morgan fingerprint density at radius 3 is 2.18 bits per heavy atom. The van der Waals surface area contributed by atoms with Crippen molar-refractivity contribution in [1.82, 2.24) is 10.2 Å². The van der Waals surface area contributed by atoms with E-state index in [-0.39, 0.29) is 18.4 Å². The van der Waals surface area contributed by atoms with Crippen LogP contribution < -0.4 is 10.2 Å². The summed E-state index contributed by atoms with van der Waals surface area (Å²) in [6.45, 7) is 8.63. The van der Waals surface area contributed by atoms with Gasteiger partial charge in [-0.25, -0.2) is 0 Å². The van der Waals surface area contributed by atoms with Crippen LogP contribution in [0.3, 0.4) is 0 Å². The molecule has 1 aliphatic heterocycles. The summed E-state index contributed by atoms with van der Waals surface area (Å²) in [6, 6.07) is 10.2. The van der Waals surface area contributed by atoms with Crippen LogP contribution in [-0.4, -0.2) is 49.4 Å². The Bertz CT molecular complexity index is 514. The van der Waals surface area contributed by atoms with Crippen molar-refractivity contribution in [2.24, 2.45) is 5.41 Å². The van der Waals surface area contributed by atoms with E-state index < -0.39 is 5.41 Å². The van der Waals surface area contributed by atoms with E-state index in [1.807, 2.05) is 43.9 Å². The number of piperazine rings is 1. The number of nitrogens with zero attached hydrogens (tertiary/aromatic N) is 2. The minimum Gasteiger partial charge on any atom is -0.368 e. The van der Waals surface area contributed by atoms with Gasteiger partial charge in [-0.15, -0.1) is 0 Å². The summed E-state index contributed by atoms with van der Waals surface area (Å²) in [6.07, 6.45) is 0. The van der Waals surface area contributed by atoms with Crippen molar-refractivity contribution in [3.63, 3.8) is 0 Å². The maximum atomic E-state index is 12.2. The first-order chi connectivity index (χ1) is 10.4. The van der Waals surface area contributed by atoms with E-state index in [0.29, 0.717) is 13.1 Å². The largest absolute Gasteiger partial charge is 0.368 e. The highest BCUT2D eigenvalue weighted by atomic mass is 16.2. The number of carbonyl (C=O) groups is 2. The Kier molecular flexibility index (Phi) is 5.06. The molecule has 120 valence electrons. The van der Waals surface area contributed by atoms with Gasteiger partial charge in [0.25, 0.3) is 0 Å². The standard InChI is InChI=1S/C17H25N3O2/c1-17(2,3)16(22)18-13-15(21)20-11-9-19(10-12-20)14-7-5-4-6-8-14/h4-8H,9-13H2,1-3H3,(H,18,22). The number of anilines is 1. The minimum absolute atomic E-state index is 0.00897. The molecule has 1 aliphatic rings. The number of benzene rings is 1. The molecule has 0 saturated carbocycles. The number of hydrogen-bond acceptors (Lipinski definition) is 3. The highest BCUT2D eigenvalue weighted by Crippen LogP contribution is 2.15. The van der Waals surface area contributed by atoms with Crippen LogP contribution in [0.2, 0.25) is 0 Å². The van der Waals surface area contributed by atoms with Gasteiger partial charge in [-0.2, -0.15) is 0 Å². The molecule has 5 nitrogen and oxygen atoms in total. The van der Waals surface area contributed by atoms with E-state index in [1.54, 1.807) is 0 Å². The molecule has 0 atom stereocenters. The first kappa shape index (κ1) is 16.3. The lowest BCUT2D eigenvalue weighted by Gasteiger charge is -2.36. The van der Waals surface area contributed by atoms with Gasteiger partial charge in [0.1, 0.15) is 0 Å². The molecule has 1 fully saturated rings. The molecular weight excluding hydrogens is 278 g/mol. The zero-order valence-electron chi connectivity index (χ0n) is 13.6. The molecule has 1 heterocycles. The molecule has 1 aromatic carbocycles. The normalized spacial score (nSPS) is 15.6. The van der Waals surface area contributed by atoms with Crippen LogP contribution in [0.15, 0.2) is 30.3 Å². The Hall–Kier alpha value is -2.04. The molecule has 1 saturated heterocycles. The molecule has 0 unspecified atom stereocenters. The highest BCUT2D eigenvalue weighted by Gasteiger charge is 2.24. The van der Waals surface area contributed by atoms with E-state index in [1.165, 1.54) is 5.69 Å². The molecular formula is C17H25N3O2. The average molecular weight is 303 g/mol. The summed E-state index contributed by atoms with van der Waals surface area (Å²) in [4.78, 5) is 28.1. The molecule has 0 bridgehead atoms. The topological polar surface area (TPSA) is 52.7 Å². The number of nitrogens with one attached hydrogen (secondary N) is 1. The average Bonchev–Trinajstić information content (AvgIpc) is 2.52. The zero-order valence-corrected chi connectivity index (χ0v) is 13.6. The van der Waals surface area contributed by atoms with Gasteiger partial charge in [0, 0.05) is 37.3 Å². The van der Waals surface area contributed by atoms with Gasteiger partial charge in [-0.05, 0) is 12.1 Å². The molecule has 0 spiro atoms. The first-order valence-corrected chi connectivity index (χ1v) is 7.74. The van der Waals surface area contributed by atoms with Crippen molar-refractivity contribution in [2.45, 2.75) is 20.8 Å². The van der Waals surface area contributed by atoms with Gasteiger partial charge >= 0.3 is 0 Å². The van der Waals surface area contributed by atoms with E-state index in [2.05, 4.69) is 22.3 Å². The van der Waals surface area contributed by atoms with Crippen LogP contribution in [0.25, 0.3) is 0 Å². The molecule has 2 amide bonds. The lowest BCUT2D eigenvalue weighted by molar-refractivity contribution is -0.135. The molecule has 0 aliphatic carbocycles. The maximum Gasteiger partial charge on any atom is 0.242 e. The quantitative estimate of drug-likeness (QED) is 0.920. The fourth-order valence-corrected chi connectivity index (χ4v) is 2.39. The molecule has 1 aromatic rings. The van der Waals surface area contributed by atoms with Gasteiger partial charge in [-0.1, -0.05) is 39.0 Å². The minimum atomic E-state index is -0.466. The van der Waals surface area contributed by atoms with Gasteiger partial charge in [0.15, 0.2) is 0 Å². The summed E-state index contributed by atoms with van der Waals surface area (Å²) in [5.74, 6) is -0.103. The van der Waals surface area contributed by atoms with E-state index in [0.717, 1.165) is 13.1 Å². The Balaban J connectivity index is 1.79. The Morgan fingerprint density at radius 2 is 1.64 bits per heavy atom. The lowest BCUT2D eigenvalue weighted by atomic mass is 9.96. The predicted molar refractivity (Wildman–Crippen MR) is 87.7 cm³/mol. The van der Waals surface area contributed by atoms with Crippen molar-refractivity contribution in [1.29, 1.82) is 0 Å². The Morgan fingerprint density at radius 1 is 1.05 bits per heavy atom. The first-order valence-electron chi connectivity index (χ1n) is 7.74. The molecule has 0 radical (unpaired) electrons. The van der Waals surface area contributed by atoms with Crippen molar-refractivity contribution in [3.8, 4) is 0 Å². The van der Waals surface area contributed by atoms with Crippen LogP contribution in [0.5, 0.6) is 0 Å². The van der Waals surface area contributed by atoms with E-state index in [9.17, 15) is 9.59 Å². The number of hydrogen-bond donors (Lipinski definition) is 1. The predicted octanol–water partition coefficient (Wildman–Crippen LogP) is 1.50. The second-order valence-corrected chi connectivity index (χ2v) is 6.64. The second-order valence-electron chi connectivity index (χ2n) is 6.64. The summed E-state index contributed by atoms with van der Waals surface area (Å²) in [5.41, 5.74) is 0.724. The monoisotopic (exact) mass is 303 g/mol. The third-order valence-corrected chi connectivity index (χ3v) is 3.84. The van der Waals surface area contributed by atoms with Crippen molar-refractivity contribution < 1.29 is 9.59 Å². The number of para-hydroxylation sites is 1.